The van der Waals surface area contributed by atoms with Gasteiger partial charge in [-0.1, -0.05) is 0 Å². The zero-order chi connectivity index (χ0) is 10.4. The first kappa shape index (κ1) is 10.9. The molecule has 0 radical (unpaired) electrons. The fraction of sp³-hybridized carbons (Fsp3) is 0.300. The van der Waals surface area contributed by atoms with Crippen LogP contribution in [0.2, 0.25) is 0 Å². The summed E-state index contributed by atoms with van der Waals surface area (Å²) in [7, 11) is 0. The van der Waals surface area contributed by atoms with Crippen molar-refractivity contribution in [1.82, 2.24) is 0 Å². The van der Waals surface area contributed by atoms with E-state index in [1.807, 2.05) is 0 Å². The first-order chi connectivity index (χ1) is 6.74. The van der Waals surface area contributed by atoms with Crippen molar-refractivity contribution in [2.45, 2.75) is 6.42 Å². The molecule has 0 fully saturated rings. The molecule has 0 spiro atoms. The number of ether oxygens (including phenoxy) is 1. The molecule has 14 heavy (non-hydrogen) atoms. The summed E-state index contributed by atoms with van der Waals surface area (Å²) in [5, 5.41) is 8.64. The zero-order valence-corrected chi connectivity index (χ0v) is 8.54. The van der Waals surface area contributed by atoms with Gasteiger partial charge in [0.1, 0.15) is 5.75 Å². The molecule has 0 heterocycles. The molecule has 0 aromatic heterocycles. The number of carbonyl (C=O) groups is 1. The van der Waals surface area contributed by atoms with Crippen molar-refractivity contribution in [2.24, 2.45) is 0 Å². The Morgan fingerprint density at radius 2 is 2.00 bits per heavy atom. The molecule has 1 aromatic carbocycles. The Bertz CT molecular complexity index is 295. The van der Waals surface area contributed by atoms with Gasteiger partial charge in [-0.3, -0.25) is 0 Å². The van der Waals surface area contributed by atoms with Gasteiger partial charge in [0.15, 0.2) is 0 Å². The lowest BCUT2D eigenvalue weighted by Crippen LogP contribution is -1.99. The number of rotatable bonds is 5. The minimum atomic E-state index is -0.924. The van der Waals surface area contributed by atoms with E-state index in [9.17, 15) is 4.79 Å². The van der Waals surface area contributed by atoms with Crippen LogP contribution in [0, 0.1) is 0 Å². The summed E-state index contributed by atoms with van der Waals surface area (Å²) in [4.78, 5) is 10.5. The Morgan fingerprint density at radius 1 is 1.36 bits per heavy atom. The molecule has 0 bridgehead atoms. The van der Waals surface area contributed by atoms with Gasteiger partial charge >= 0.3 is 5.97 Å². The van der Waals surface area contributed by atoms with Gasteiger partial charge in [0, 0.05) is 0 Å². The van der Waals surface area contributed by atoms with Gasteiger partial charge in [-0.05, 0) is 36.4 Å². The average molecular weight is 212 g/mol. The Morgan fingerprint density at radius 3 is 2.50 bits per heavy atom. The molecule has 76 valence electrons. The molecule has 1 N–H and O–H groups in total. The highest BCUT2D eigenvalue weighted by Gasteiger charge is 2.01. The molecule has 1 aromatic rings. The summed E-state index contributed by atoms with van der Waals surface area (Å²) in [5.41, 5.74) is 0.270. The molecule has 0 atom stereocenters. The Kier molecular flexibility index (Phi) is 4.32. The monoisotopic (exact) mass is 212 g/mol. The lowest BCUT2D eigenvalue weighted by atomic mass is 10.2. The predicted molar refractivity (Wildman–Crippen MR) is 57.4 cm³/mol. The highest BCUT2D eigenvalue weighted by Crippen LogP contribution is 2.12. The van der Waals surface area contributed by atoms with Gasteiger partial charge in [-0.2, -0.15) is 12.6 Å². The molecular weight excluding hydrogens is 200 g/mol. The van der Waals surface area contributed by atoms with Crippen molar-refractivity contribution in [3.8, 4) is 5.75 Å². The highest BCUT2D eigenvalue weighted by molar-refractivity contribution is 7.80. The van der Waals surface area contributed by atoms with Crippen molar-refractivity contribution in [1.29, 1.82) is 0 Å². The zero-order valence-electron chi connectivity index (χ0n) is 7.64. The number of hydrogen-bond donors (Lipinski definition) is 2. The highest BCUT2D eigenvalue weighted by atomic mass is 32.1. The standard InChI is InChI=1S/C10H12O3S/c11-10(12)8-2-4-9(5-3-8)13-6-1-7-14/h2-5,14H,1,6-7H2,(H,11,12). The Labute approximate surface area is 88.1 Å². The Hall–Kier alpha value is -1.16. The van der Waals surface area contributed by atoms with Crippen molar-refractivity contribution in [3.63, 3.8) is 0 Å². The summed E-state index contributed by atoms with van der Waals surface area (Å²) >= 11 is 4.05. The predicted octanol–water partition coefficient (Wildman–Crippen LogP) is 2.08. The van der Waals surface area contributed by atoms with Crippen LogP contribution in [0.1, 0.15) is 16.8 Å². The van der Waals surface area contributed by atoms with E-state index in [2.05, 4.69) is 12.6 Å². The lowest BCUT2D eigenvalue weighted by Gasteiger charge is -2.04. The normalized spacial score (nSPS) is 9.79. The SMILES string of the molecule is O=C(O)c1ccc(OCCCS)cc1. The third-order valence-corrected chi connectivity index (χ3v) is 1.99. The smallest absolute Gasteiger partial charge is 0.335 e. The largest absolute Gasteiger partial charge is 0.494 e. The topological polar surface area (TPSA) is 46.5 Å². The van der Waals surface area contributed by atoms with E-state index < -0.39 is 5.97 Å². The molecule has 0 aliphatic carbocycles. The van der Waals surface area contributed by atoms with E-state index >= 15 is 0 Å². The molecule has 1 rings (SSSR count). The minimum Gasteiger partial charge on any atom is -0.494 e. The molecule has 3 nitrogen and oxygen atoms in total. The van der Waals surface area contributed by atoms with E-state index in [4.69, 9.17) is 9.84 Å². The van der Waals surface area contributed by atoms with E-state index in [0.717, 1.165) is 12.2 Å². The Balaban J connectivity index is 2.51. The van der Waals surface area contributed by atoms with Crippen LogP contribution >= 0.6 is 12.6 Å². The molecule has 0 aliphatic heterocycles. The second kappa shape index (κ2) is 5.54. The van der Waals surface area contributed by atoms with Crippen LogP contribution < -0.4 is 4.74 Å². The van der Waals surface area contributed by atoms with Crippen LogP contribution in [0.3, 0.4) is 0 Å². The second-order valence-corrected chi connectivity index (χ2v) is 3.20. The molecule has 0 amide bonds. The van der Waals surface area contributed by atoms with Crippen molar-refractivity contribution in [2.75, 3.05) is 12.4 Å². The van der Waals surface area contributed by atoms with Crippen LogP contribution in [0.4, 0.5) is 0 Å². The van der Waals surface area contributed by atoms with Gasteiger partial charge in [-0.25, -0.2) is 4.79 Å². The first-order valence-corrected chi connectivity index (χ1v) is 4.94. The first-order valence-electron chi connectivity index (χ1n) is 4.31. The fourth-order valence-electron chi connectivity index (χ4n) is 0.948. The summed E-state index contributed by atoms with van der Waals surface area (Å²) in [5.74, 6) is 0.552. The van der Waals surface area contributed by atoms with Crippen LogP contribution in [0.15, 0.2) is 24.3 Å². The van der Waals surface area contributed by atoms with Gasteiger partial charge in [0.25, 0.3) is 0 Å². The van der Waals surface area contributed by atoms with Gasteiger partial charge in [-0.15, -0.1) is 0 Å². The maximum atomic E-state index is 10.5. The minimum absolute atomic E-state index is 0.270. The molecule has 4 heteroatoms. The average Bonchev–Trinajstić information content (AvgIpc) is 2.19. The van der Waals surface area contributed by atoms with Crippen molar-refractivity contribution >= 4 is 18.6 Å². The third kappa shape index (κ3) is 3.30. The van der Waals surface area contributed by atoms with Gasteiger partial charge < -0.3 is 9.84 Å². The van der Waals surface area contributed by atoms with Crippen LogP contribution in [0.25, 0.3) is 0 Å². The third-order valence-electron chi connectivity index (χ3n) is 1.67. The number of carboxylic acid groups (broad SMARTS) is 1. The molecular formula is C10H12O3S. The second-order valence-electron chi connectivity index (χ2n) is 2.76. The number of hydrogen-bond acceptors (Lipinski definition) is 3. The number of benzene rings is 1. The van der Waals surface area contributed by atoms with E-state index in [1.54, 1.807) is 12.1 Å². The fourth-order valence-corrected chi connectivity index (χ4v) is 1.08. The maximum absolute atomic E-state index is 10.5. The van der Waals surface area contributed by atoms with Gasteiger partial charge in [0.2, 0.25) is 0 Å². The molecule has 0 saturated heterocycles. The lowest BCUT2D eigenvalue weighted by molar-refractivity contribution is 0.0697. The van der Waals surface area contributed by atoms with Crippen LogP contribution in [-0.2, 0) is 0 Å². The number of carboxylic acids is 1. The van der Waals surface area contributed by atoms with Crippen LogP contribution in [0.5, 0.6) is 5.75 Å². The molecule has 0 aliphatic rings. The number of aromatic carboxylic acids is 1. The van der Waals surface area contributed by atoms with E-state index in [-0.39, 0.29) is 5.56 Å². The van der Waals surface area contributed by atoms with E-state index in [0.29, 0.717) is 12.4 Å². The summed E-state index contributed by atoms with van der Waals surface area (Å²) in [6, 6.07) is 6.36. The van der Waals surface area contributed by atoms with Crippen LogP contribution in [-0.4, -0.2) is 23.4 Å². The summed E-state index contributed by atoms with van der Waals surface area (Å²) < 4.78 is 5.34. The van der Waals surface area contributed by atoms with Gasteiger partial charge in [0.05, 0.1) is 12.2 Å². The summed E-state index contributed by atoms with van der Waals surface area (Å²) in [6.07, 6.45) is 0.879. The van der Waals surface area contributed by atoms with E-state index in [1.165, 1.54) is 12.1 Å². The van der Waals surface area contributed by atoms with Crippen molar-refractivity contribution in [3.05, 3.63) is 29.8 Å². The molecule has 0 unspecified atom stereocenters. The summed E-state index contributed by atoms with van der Waals surface area (Å²) in [6.45, 7) is 0.607. The number of thiol groups is 1. The maximum Gasteiger partial charge on any atom is 0.335 e. The van der Waals surface area contributed by atoms with Crippen molar-refractivity contribution < 1.29 is 14.6 Å². The quantitative estimate of drug-likeness (QED) is 0.580. The molecule has 0 saturated carbocycles.